The lowest BCUT2D eigenvalue weighted by Crippen LogP contribution is -2.30. The van der Waals surface area contributed by atoms with Gasteiger partial charge in [-0.2, -0.15) is 0 Å². The molecule has 1 aliphatic rings. The molecule has 3 rings (SSSR count). The van der Waals surface area contributed by atoms with Gasteiger partial charge < -0.3 is 20.1 Å². The molecule has 19 heavy (non-hydrogen) atoms. The highest BCUT2D eigenvalue weighted by Crippen LogP contribution is 2.30. The van der Waals surface area contributed by atoms with E-state index in [1.54, 1.807) is 12.3 Å². The van der Waals surface area contributed by atoms with E-state index in [0.717, 1.165) is 25.9 Å². The number of hydrogen-bond acceptors (Lipinski definition) is 3. The average molecular weight is 264 g/mol. The summed E-state index contributed by atoms with van der Waals surface area (Å²) in [5, 5.41) is 13.6. The van der Waals surface area contributed by atoms with Gasteiger partial charge in [0.15, 0.2) is 5.88 Å². The highest BCUT2D eigenvalue weighted by Gasteiger charge is 2.15. The number of piperidine rings is 1. The van der Waals surface area contributed by atoms with Gasteiger partial charge in [-0.05, 0) is 37.9 Å². The Kier molecular flexibility index (Phi) is 3.29. The van der Waals surface area contributed by atoms with Crippen molar-refractivity contribution < 1.29 is 14.2 Å². The fraction of sp³-hybridized carbons (Fsp3) is 0.429. The Morgan fingerprint density at radius 1 is 1.32 bits per heavy atom. The van der Waals surface area contributed by atoms with Crippen molar-refractivity contribution in [2.45, 2.75) is 12.8 Å². The summed E-state index contributed by atoms with van der Waals surface area (Å²) in [6.45, 7) is 2.66. The molecule has 0 aliphatic carbocycles. The van der Waals surface area contributed by atoms with Crippen LogP contribution in [0.4, 0.5) is 4.39 Å². The number of nitrogens with one attached hydrogen (secondary N) is 2. The summed E-state index contributed by atoms with van der Waals surface area (Å²) in [5.41, 5.74) is 0. The minimum absolute atomic E-state index is 0.141. The maximum atomic E-state index is 13.8. The van der Waals surface area contributed by atoms with Crippen LogP contribution in [0.3, 0.4) is 0 Å². The van der Waals surface area contributed by atoms with Gasteiger partial charge in [0.1, 0.15) is 11.6 Å². The minimum atomic E-state index is -0.462. The molecule has 0 atom stereocenters. The first kappa shape index (κ1) is 12.3. The number of aromatic hydroxyl groups is 1. The Balaban J connectivity index is 1.74. The Morgan fingerprint density at radius 3 is 2.89 bits per heavy atom. The lowest BCUT2D eigenvalue weighted by atomic mass is 9.99. The van der Waals surface area contributed by atoms with Crippen LogP contribution in [0.25, 0.3) is 10.8 Å². The smallest absolute Gasteiger partial charge is 0.199 e. The largest absolute Gasteiger partial charge is 0.494 e. The first-order chi connectivity index (χ1) is 9.24. The summed E-state index contributed by atoms with van der Waals surface area (Å²) in [5.74, 6) is 0.441. The van der Waals surface area contributed by atoms with Gasteiger partial charge in [-0.1, -0.05) is 0 Å². The normalized spacial score (nSPS) is 16.9. The van der Waals surface area contributed by atoms with E-state index in [-0.39, 0.29) is 11.3 Å². The first-order valence-corrected chi connectivity index (χ1v) is 6.57. The second-order valence-corrected chi connectivity index (χ2v) is 5.01. The van der Waals surface area contributed by atoms with Crippen LogP contribution in [0.1, 0.15) is 12.8 Å². The molecule has 1 saturated heterocycles. The number of ether oxygens (including phenoxy) is 1. The van der Waals surface area contributed by atoms with Crippen LogP contribution >= 0.6 is 0 Å². The average Bonchev–Trinajstić information content (AvgIpc) is 2.80. The van der Waals surface area contributed by atoms with Gasteiger partial charge in [-0.3, -0.25) is 0 Å². The number of halogens is 1. The van der Waals surface area contributed by atoms with Crippen LogP contribution < -0.4 is 10.1 Å². The number of aromatic amines is 1. The molecule has 3 N–H and O–H groups in total. The van der Waals surface area contributed by atoms with Crippen molar-refractivity contribution in [1.82, 2.24) is 10.3 Å². The second kappa shape index (κ2) is 5.09. The number of fused-ring (bicyclic) bond motifs is 1. The van der Waals surface area contributed by atoms with Crippen LogP contribution in [-0.2, 0) is 0 Å². The number of rotatable bonds is 3. The lowest BCUT2D eigenvalue weighted by molar-refractivity contribution is 0.215. The quantitative estimate of drug-likeness (QED) is 0.798. The van der Waals surface area contributed by atoms with Crippen molar-refractivity contribution in [3.63, 3.8) is 0 Å². The zero-order valence-electron chi connectivity index (χ0n) is 10.6. The Labute approximate surface area is 110 Å². The molecule has 4 nitrogen and oxygen atoms in total. The molecule has 0 saturated carbocycles. The summed E-state index contributed by atoms with van der Waals surface area (Å²) in [7, 11) is 0. The van der Waals surface area contributed by atoms with E-state index in [1.807, 2.05) is 0 Å². The lowest BCUT2D eigenvalue weighted by Gasteiger charge is -2.22. The second-order valence-electron chi connectivity index (χ2n) is 5.01. The van der Waals surface area contributed by atoms with Gasteiger partial charge in [0, 0.05) is 17.6 Å². The molecular formula is C14H17FN2O2. The van der Waals surface area contributed by atoms with Gasteiger partial charge >= 0.3 is 0 Å². The van der Waals surface area contributed by atoms with Crippen LogP contribution in [0, 0.1) is 11.7 Å². The molecule has 1 fully saturated rings. The molecular weight excluding hydrogens is 247 g/mol. The van der Waals surface area contributed by atoms with E-state index in [2.05, 4.69) is 10.3 Å². The van der Waals surface area contributed by atoms with Gasteiger partial charge in [0.2, 0.25) is 0 Å². The third-order valence-electron chi connectivity index (χ3n) is 3.64. The standard InChI is InChI=1S/C14H17FN2O2/c15-12-6-11(5-10-7-17-14(18)13(10)12)19-8-9-1-3-16-4-2-9/h5-7,9,16-18H,1-4,8H2. The Hall–Kier alpha value is -1.75. The van der Waals surface area contributed by atoms with Crippen LogP contribution in [0.15, 0.2) is 18.3 Å². The molecule has 0 radical (unpaired) electrons. The van der Waals surface area contributed by atoms with Gasteiger partial charge in [-0.15, -0.1) is 0 Å². The van der Waals surface area contributed by atoms with E-state index in [0.29, 0.717) is 23.7 Å². The Bertz CT molecular complexity index is 576. The van der Waals surface area contributed by atoms with Crippen molar-refractivity contribution in [1.29, 1.82) is 0 Å². The predicted molar refractivity (Wildman–Crippen MR) is 71.0 cm³/mol. The van der Waals surface area contributed by atoms with E-state index >= 15 is 0 Å². The molecule has 0 unspecified atom stereocenters. The van der Waals surface area contributed by atoms with Gasteiger partial charge in [0.25, 0.3) is 0 Å². The van der Waals surface area contributed by atoms with Gasteiger partial charge in [0.05, 0.1) is 12.0 Å². The molecule has 5 heteroatoms. The Morgan fingerprint density at radius 2 is 2.11 bits per heavy atom. The summed E-state index contributed by atoms with van der Waals surface area (Å²) < 4.78 is 19.5. The topological polar surface area (TPSA) is 57.3 Å². The third-order valence-corrected chi connectivity index (χ3v) is 3.64. The molecule has 102 valence electrons. The zero-order valence-corrected chi connectivity index (χ0v) is 10.6. The number of H-pyrrole nitrogens is 1. The third kappa shape index (κ3) is 2.51. The molecule has 0 bridgehead atoms. The predicted octanol–water partition coefficient (Wildman–Crippen LogP) is 2.39. The molecule has 1 aromatic carbocycles. The first-order valence-electron chi connectivity index (χ1n) is 6.57. The number of hydrogen-bond donors (Lipinski definition) is 3. The molecule has 0 spiro atoms. The van der Waals surface area contributed by atoms with Crippen molar-refractivity contribution in [3.05, 3.63) is 24.1 Å². The van der Waals surface area contributed by atoms with E-state index in [9.17, 15) is 9.50 Å². The fourth-order valence-corrected chi connectivity index (χ4v) is 2.53. The van der Waals surface area contributed by atoms with Crippen LogP contribution in [0.5, 0.6) is 11.6 Å². The van der Waals surface area contributed by atoms with Gasteiger partial charge in [-0.25, -0.2) is 4.39 Å². The summed E-state index contributed by atoms with van der Waals surface area (Å²) >= 11 is 0. The summed E-state index contributed by atoms with van der Waals surface area (Å²) in [4.78, 5) is 2.60. The molecule has 2 heterocycles. The van der Waals surface area contributed by atoms with Crippen molar-refractivity contribution >= 4 is 10.8 Å². The van der Waals surface area contributed by atoms with Crippen LogP contribution in [0.2, 0.25) is 0 Å². The summed E-state index contributed by atoms with van der Waals surface area (Å²) in [6.07, 6.45) is 3.76. The SMILES string of the molecule is Oc1[nH]cc2cc(OCC3CCNCC3)cc(F)c12. The molecule has 1 aromatic heterocycles. The highest BCUT2D eigenvalue weighted by atomic mass is 19.1. The highest BCUT2D eigenvalue weighted by molar-refractivity contribution is 5.89. The minimum Gasteiger partial charge on any atom is -0.494 e. The van der Waals surface area contributed by atoms with Crippen molar-refractivity contribution in [3.8, 4) is 11.6 Å². The monoisotopic (exact) mass is 264 g/mol. The maximum absolute atomic E-state index is 13.8. The number of aromatic nitrogens is 1. The van der Waals surface area contributed by atoms with E-state index in [4.69, 9.17) is 4.74 Å². The fourth-order valence-electron chi connectivity index (χ4n) is 2.53. The molecule has 0 amide bonds. The molecule has 1 aliphatic heterocycles. The van der Waals surface area contributed by atoms with Crippen LogP contribution in [-0.4, -0.2) is 29.8 Å². The van der Waals surface area contributed by atoms with Crippen molar-refractivity contribution in [2.24, 2.45) is 5.92 Å². The zero-order chi connectivity index (χ0) is 13.2. The maximum Gasteiger partial charge on any atom is 0.199 e. The molecule has 2 aromatic rings. The summed E-state index contributed by atoms with van der Waals surface area (Å²) in [6, 6.07) is 3.08. The van der Waals surface area contributed by atoms with E-state index < -0.39 is 5.82 Å². The van der Waals surface area contributed by atoms with Crippen molar-refractivity contribution in [2.75, 3.05) is 19.7 Å². The van der Waals surface area contributed by atoms with E-state index in [1.165, 1.54) is 6.07 Å². The number of benzene rings is 1.